The van der Waals surface area contributed by atoms with Crippen molar-refractivity contribution in [3.8, 4) is 0 Å². The summed E-state index contributed by atoms with van der Waals surface area (Å²) >= 11 is 6.66. The lowest BCUT2D eigenvalue weighted by atomic mass is 9.85. The van der Waals surface area contributed by atoms with Crippen LogP contribution in [0.15, 0.2) is 83.8 Å². The lowest BCUT2D eigenvalue weighted by Crippen LogP contribution is -2.40. The molecule has 1 amide bonds. The number of nitrogens with zero attached hydrogens (tertiary/aromatic N) is 2. The molecule has 3 aliphatic heterocycles. The lowest BCUT2D eigenvalue weighted by molar-refractivity contribution is -0.127. The van der Waals surface area contributed by atoms with E-state index in [1.165, 1.54) is 18.4 Å². The number of halogens is 1. The summed E-state index contributed by atoms with van der Waals surface area (Å²) in [7, 11) is 0. The highest BCUT2D eigenvalue weighted by Crippen LogP contribution is 2.60. The number of piperidine rings is 1. The zero-order chi connectivity index (χ0) is 26.4. The summed E-state index contributed by atoms with van der Waals surface area (Å²) in [5.41, 5.74) is 3.38. The Labute approximate surface area is 236 Å². The second-order valence-corrected chi connectivity index (χ2v) is 12.5. The molecule has 0 radical (unpaired) electrons. The van der Waals surface area contributed by atoms with E-state index in [1.54, 1.807) is 0 Å². The SMILES string of the molecule is O=C1C2=CC3=C(CC2C2(CC2)N1CCC1CCN(Cc2ccccc2)CC1)O[C@@H](CC(Cl)c1ccccc1)O3. The van der Waals surface area contributed by atoms with Crippen molar-refractivity contribution in [1.29, 1.82) is 0 Å². The highest BCUT2D eigenvalue weighted by Gasteiger charge is 2.64. The molecule has 2 aliphatic carbocycles. The van der Waals surface area contributed by atoms with Crippen LogP contribution >= 0.6 is 11.6 Å². The normalized spacial score (nSPS) is 26.6. The molecule has 204 valence electrons. The van der Waals surface area contributed by atoms with Gasteiger partial charge in [-0.3, -0.25) is 9.69 Å². The van der Waals surface area contributed by atoms with E-state index in [9.17, 15) is 4.79 Å². The minimum absolute atomic E-state index is 0.00400. The third-order valence-electron chi connectivity index (χ3n) is 9.58. The molecule has 1 spiro atoms. The third kappa shape index (κ3) is 4.89. The fraction of sp³-hybridized carbons (Fsp3) is 0.485. The predicted molar refractivity (Wildman–Crippen MR) is 152 cm³/mol. The van der Waals surface area contributed by atoms with E-state index >= 15 is 0 Å². The number of ether oxygens (including phenoxy) is 2. The highest BCUT2D eigenvalue weighted by atomic mass is 35.5. The van der Waals surface area contributed by atoms with Crippen molar-refractivity contribution in [2.75, 3.05) is 19.6 Å². The van der Waals surface area contributed by atoms with Crippen LogP contribution in [0.3, 0.4) is 0 Å². The number of allylic oxidation sites excluding steroid dienone is 2. The Morgan fingerprint density at radius 1 is 0.974 bits per heavy atom. The molecular formula is C33H37ClN2O3. The van der Waals surface area contributed by atoms with E-state index in [0.29, 0.717) is 12.3 Å². The van der Waals surface area contributed by atoms with Crippen molar-refractivity contribution >= 4 is 17.5 Å². The maximum atomic E-state index is 13.7. The monoisotopic (exact) mass is 544 g/mol. The number of hydrogen-bond acceptors (Lipinski definition) is 4. The molecule has 7 rings (SSSR count). The molecule has 0 aromatic heterocycles. The second kappa shape index (κ2) is 10.3. The van der Waals surface area contributed by atoms with Gasteiger partial charge in [0.25, 0.3) is 5.91 Å². The Bertz CT molecular complexity index is 1260. The molecule has 1 saturated carbocycles. The number of fused-ring (bicyclic) bond motifs is 2. The van der Waals surface area contributed by atoms with Gasteiger partial charge >= 0.3 is 0 Å². The average Bonchev–Trinajstić information content (AvgIpc) is 3.62. The molecule has 5 aliphatic rings. The molecule has 5 nitrogen and oxygen atoms in total. The molecule has 2 saturated heterocycles. The maximum absolute atomic E-state index is 13.7. The summed E-state index contributed by atoms with van der Waals surface area (Å²) < 4.78 is 12.4. The van der Waals surface area contributed by atoms with Crippen molar-refractivity contribution in [2.24, 2.45) is 11.8 Å². The Balaban J connectivity index is 0.941. The molecule has 6 heteroatoms. The van der Waals surface area contributed by atoms with Crippen molar-refractivity contribution in [3.05, 3.63) is 95.0 Å². The van der Waals surface area contributed by atoms with Gasteiger partial charge in [-0.1, -0.05) is 60.7 Å². The summed E-state index contributed by atoms with van der Waals surface area (Å²) in [6, 6.07) is 20.8. The topological polar surface area (TPSA) is 42.0 Å². The standard InChI is InChI=1S/C33H37ClN2O3/c34-28(25-9-5-2-6-10-25)21-31-38-29-19-26-27(20-30(29)39-31)33(14-15-33)36(32(26)37)18-13-23-11-16-35(17-12-23)22-24-7-3-1-4-8-24/h1-10,19,23,27-28,31H,11-18,20-22H2/t27?,28?,31-/m0/s1. The number of amides is 1. The van der Waals surface area contributed by atoms with E-state index in [2.05, 4.69) is 40.1 Å². The molecule has 3 heterocycles. The molecule has 3 atom stereocenters. The fourth-order valence-electron chi connectivity index (χ4n) is 7.21. The molecular weight excluding hydrogens is 508 g/mol. The Morgan fingerprint density at radius 2 is 1.69 bits per heavy atom. The van der Waals surface area contributed by atoms with E-state index in [4.69, 9.17) is 21.1 Å². The fourth-order valence-corrected chi connectivity index (χ4v) is 7.50. The molecule has 3 fully saturated rings. The summed E-state index contributed by atoms with van der Waals surface area (Å²) in [4.78, 5) is 18.5. The quantitative estimate of drug-likeness (QED) is 0.353. The van der Waals surface area contributed by atoms with E-state index in [1.807, 2.05) is 36.4 Å². The molecule has 2 unspecified atom stereocenters. The van der Waals surface area contributed by atoms with Crippen LogP contribution in [0, 0.1) is 11.8 Å². The molecule has 0 bridgehead atoms. The number of carbonyl (C=O) groups excluding carboxylic acids is 1. The van der Waals surface area contributed by atoms with Crippen LogP contribution in [0.1, 0.15) is 61.4 Å². The summed E-state index contributed by atoms with van der Waals surface area (Å²) in [5, 5.41) is -0.179. The van der Waals surface area contributed by atoms with Gasteiger partial charge < -0.3 is 14.4 Å². The maximum Gasteiger partial charge on any atom is 0.250 e. The Kier molecular flexibility index (Phi) is 6.68. The third-order valence-corrected chi connectivity index (χ3v) is 10.0. The number of likely N-dealkylation sites (tertiary alicyclic amines) is 2. The zero-order valence-corrected chi connectivity index (χ0v) is 23.2. The number of benzene rings is 2. The van der Waals surface area contributed by atoms with E-state index in [-0.39, 0.29) is 22.7 Å². The van der Waals surface area contributed by atoms with Gasteiger partial charge in [-0.2, -0.15) is 0 Å². The first-order chi connectivity index (χ1) is 19.1. The lowest BCUT2D eigenvalue weighted by Gasteiger charge is -2.34. The minimum atomic E-state index is -0.400. The Hall–Kier alpha value is -2.76. The van der Waals surface area contributed by atoms with Gasteiger partial charge in [0, 0.05) is 37.4 Å². The first-order valence-electron chi connectivity index (χ1n) is 14.6. The first-order valence-corrected chi connectivity index (χ1v) is 15.1. The summed E-state index contributed by atoms with van der Waals surface area (Å²) in [6.07, 6.45) is 8.65. The zero-order valence-electron chi connectivity index (χ0n) is 22.4. The number of alkyl halides is 1. The molecule has 0 N–H and O–H groups in total. The van der Waals surface area contributed by atoms with Crippen LogP contribution in [-0.2, 0) is 20.8 Å². The van der Waals surface area contributed by atoms with E-state index < -0.39 is 6.29 Å². The first kappa shape index (κ1) is 25.2. The van der Waals surface area contributed by atoms with Crippen molar-refractivity contribution in [2.45, 2.75) is 68.7 Å². The number of hydrogen-bond donors (Lipinski definition) is 0. The van der Waals surface area contributed by atoms with Gasteiger partial charge in [0.1, 0.15) is 5.76 Å². The van der Waals surface area contributed by atoms with Gasteiger partial charge in [0.05, 0.1) is 10.9 Å². The van der Waals surface area contributed by atoms with Crippen LogP contribution in [-0.4, -0.2) is 47.2 Å². The highest BCUT2D eigenvalue weighted by molar-refractivity contribution is 6.20. The Morgan fingerprint density at radius 3 is 2.41 bits per heavy atom. The van der Waals surface area contributed by atoms with Gasteiger partial charge in [-0.15, -0.1) is 11.6 Å². The second-order valence-electron chi connectivity index (χ2n) is 12.0. The van der Waals surface area contributed by atoms with Crippen molar-refractivity contribution < 1.29 is 14.3 Å². The summed E-state index contributed by atoms with van der Waals surface area (Å²) in [5.74, 6) is 2.77. The van der Waals surface area contributed by atoms with Crippen molar-refractivity contribution in [1.82, 2.24) is 9.80 Å². The van der Waals surface area contributed by atoms with Gasteiger partial charge in [-0.05, 0) is 68.3 Å². The molecule has 39 heavy (non-hydrogen) atoms. The van der Waals surface area contributed by atoms with Crippen LogP contribution in [0.25, 0.3) is 0 Å². The average molecular weight is 545 g/mol. The van der Waals surface area contributed by atoms with Gasteiger partial charge in [0.15, 0.2) is 5.76 Å². The molecule has 2 aromatic carbocycles. The summed E-state index contributed by atoms with van der Waals surface area (Å²) in [6.45, 7) is 4.20. The van der Waals surface area contributed by atoms with Crippen molar-refractivity contribution in [3.63, 3.8) is 0 Å². The van der Waals surface area contributed by atoms with Gasteiger partial charge in [-0.25, -0.2) is 0 Å². The van der Waals surface area contributed by atoms with Gasteiger partial charge in [0.2, 0.25) is 6.29 Å². The number of carbonyl (C=O) groups is 1. The van der Waals surface area contributed by atoms with E-state index in [0.717, 1.165) is 74.5 Å². The number of rotatable bonds is 8. The van der Waals surface area contributed by atoms with Crippen LogP contribution in [0.4, 0.5) is 0 Å². The van der Waals surface area contributed by atoms with Crippen LogP contribution in [0.5, 0.6) is 0 Å². The smallest absolute Gasteiger partial charge is 0.250 e. The largest absolute Gasteiger partial charge is 0.455 e. The predicted octanol–water partition coefficient (Wildman–Crippen LogP) is 6.56. The minimum Gasteiger partial charge on any atom is -0.455 e. The van der Waals surface area contributed by atoms with Crippen LogP contribution in [0.2, 0.25) is 0 Å². The molecule has 2 aromatic rings. The van der Waals surface area contributed by atoms with Crippen LogP contribution < -0.4 is 0 Å².